The van der Waals surface area contributed by atoms with Crippen molar-refractivity contribution in [2.24, 2.45) is 9.98 Å². The van der Waals surface area contributed by atoms with Crippen molar-refractivity contribution in [2.45, 2.75) is 0 Å². The molecule has 0 radical (unpaired) electrons. The molecule has 0 bridgehead atoms. The molecule has 3 nitrogen and oxygen atoms in total. The van der Waals surface area contributed by atoms with Crippen molar-refractivity contribution in [3.8, 4) is 0 Å². The van der Waals surface area contributed by atoms with Crippen LogP contribution in [0.5, 0.6) is 0 Å². The number of benzene rings is 2. The minimum Gasteiger partial charge on any atom is -0.309 e. The Bertz CT molecular complexity index is 769. The average molecular weight is 358 g/mol. The van der Waals surface area contributed by atoms with Crippen LogP contribution in [0.2, 0.25) is 5.02 Å². The van der Waals surface area contributed by atoms with Gasteiger partial charge >= 0.3 is 0 Å². The van der Waals surface area contributed by atoms with Gasteiger partial charge in [0.2, 0.25) is 0 Å². The molecular weight excluding hydrogens is 338 g/mol. The molecule has 3 rings (SSSR count). The maximum atomic E-state index is 6.22. The predicted molar refractivity (Wildman–Crippen MR) is 107 cm³/mol. The third kappa shape index (κ3) is 4.26. The molecule has 0 atom stereocenters. The highest BCUT2D eigenvalue weighted by Gasteiger charge is 2.16. The Morgan fingerprint density at radius 3 is 2.67 bits per heavy atom. The predicted octanol–water partition coefficient (Wildman–Crippen LogP) is 4.52. The number of thioether (sulfide) groups is 1. The SMILES string of the molecule is CN(C)CCSC1=Nc2ccc(Cl)cc2C(c2ccccc2)=NC1. The summed E-state index contributed by atoms with van der Waals surface area (Å²) in [5, 5.41) is 1.75. The molecule has 0 saturated heterocycles. The zero-order chi connectivity index (χ0) is 16.9. The maximum absolute atomic E-state index is 6.22. The Morgan fingerprint density at radius 1 is 1.12 bits per heavy atom. The van der Waals surface area contributed by atoms with Crippen LogP contribution in [0.3, 0.4) is 0 Å². The van der Waals surface area contributed by atoms with Gasteiger partial charge in [0, 0.05) is 28.4 Å². The first kappa shape index (κ1) is 17.2. The molecule has 0 N–H and O–H groups in total. The molecule has 124 valence electrons. The Kier molecular flexibility index (Phi) is 5.72. The van der Waals surface area contributed by atoms with Gasteiger partial charge in [-0.05, 0) is 32.3 Å². The van der Waals surface area contributed by atoms with E-state index in [1.54, 1.807) is 11.8 Å². The second-order valence-corrected chi connectivity index (χ2v) is 7.45. The van der Waals surface area contributed by atoms with E-state index in [9.17, 15) is 0 Å². The third-order valence-corrected chi connectivity index (χ3v) is 4.86. The molecule has 0 unspecified atom stereocenters. The van der Waals surface area contributed by atoms with Gasteiger partial charge < -0.3 is 4.90 Å². The van der Waals surface area contributed by atoms with Crippen molar-refractivity contribution in [3.63, 3.8) is 0 Å². The van der Waals surface area contributed by atoms with Gasteiger partial charge in [-0.3, -0.25) is 4.99 Å². The molecule has 2 aromatic rings. The zero-order valence-corrected chi connectivity index (χ0v) is 15.4. The molecule has 1 aliphatic rings. The summed E-state index contributed by atoms with van der Waals surface area (Å²) in [5.41, 5.74) is 3.99. The highest BCUT2D eigenvalue weighted by atomic mass is 35.5. The van der Waals surface area contributed by atoms with E-state index in [4.69, 9.17) is 21.6 Å². The summed E-state index contributed by atoms with van der Waals surface area (Å²) < 4.78 is 0. The molecule has 0 fully saturated rings. The number of hydrogen-bond donors (Lipinski definition) is 0. The quantitative estimate of drug-likeness (QED) is 0.804. The van der Waals surface area contributed by atoms with Crippen molar-refractivity contribution in [1.29, 1.82) is 0 Å². The summed E-state index contributed by atoms with van der Waals surface area (Å²) in [6.07, 6.45) is 0. The number of fused-ring (bicyclic) bond motifs is 1. The van der Waals surface area contributed by atoms with Crippen molar-refractivity contribution in [1.82, 2.24) is 4.90 Å². The smallest absolute Gasteiger partial charge is 0.0954 e. The summed E-state index contributed by atoms with van der Waals surface area (Å²) in [6.45, 7) is 1.63. The van der Waals surface area contributed by atoms with Crippen LogP contribution in [0, 0.1) is 0 Å². The molecule has 0 spiro atoms. The fraction of sp³-hybridized carbons (Fsp3) is 0.263. The van der Waals surface area contributed by atoms with E-state index in [0.717, 1.165) is 39.9 Å². The minimum atomic E-state index is 0.606. The van der Waals surface area contributed by atoms with Crippen LogP contribution in [0.15, 0.2) is 58.5 Å². The van der Waals surface area contributed by atoms with E-state index in [1.807, 2.05) is 36.4 Å². The van der Waals surface area contributed by atoms with Crippen molar-refractivity contribution < 1.29 is 0 Å². The fourth-order valence-electron chi connectivity index (χ4n) is 2.46. The van der Waals surface area contributed by atoms with Gasteiger partial charge in [-0.25, -0.2) is 4.99 Å². The molecule has 1 heterocycles. The molecule has 0 amide bonds. The lowest BCUT2D eigenvalue weighted by atomic mass is 10.0. The van der Waals surface area contributed by atoms with E-state index in [0.29, 0.717) is 11.6 Å². The molecule has 0 aliphatic carbocycles. The molecule has 0 saturated carbocycles. The second kappa shape index (κ2) is 7.97. The summed E-state index contributed by atoms with van der Waals surface area (Å²) in [7, 11) is 4.16. The zero-order valence-electron chi connectivity index (χ0n) is 13.9. The number of halogens is 1. The van der Waals surface area contributed by atoms with Crippen molar-refractivity contribution >= 4 is 39.8 Å². The molecule has 24 heavy (non-hydrogen) atoms. The van der Waals surface area contributed by atoms with Gasteiger partial charge in [0.25, 0.3) is 0 Å². The van der Waals surface area contributed by atoms with E-state index < -0.39 is 0 Å². The summed E-state index contributed by atoms with van der Waals surface area (Å²) >= 11 is 8.00. The lowest BCUT2D eigenvalue weighted by Gasteiger charge is -2.09. The first-order valence-electron chi connectivity index (χ1n) is 7.88. The third-order valence-electron chi connectivity index (χ3n) is 3.69. The van der Waals surface area contributed by atoms with E-state index in [2.05, 4.69) is 31.1 Å². The van der Waals surface area contributed by atoms with Gasteiger partial charge in [-0.1, -0.05) is 41.9 Å². The van der Waals surface area contributed by atoms with Gasteiger partial charge in [-0.2, -0.15) is 0 Å². The Labute approximate surface area is 152 Å². The topological polar surface area (TPSA) is 28.0 Å². The molecule has 2 aromatic carbocycles. The van der Waals surface area contributed by atoms with Crippen LogP contribution in [0.1, 0.15) is 11.1 Å². The van der Waals surface area contributed by atoms with Crippen LogP contribution in [-0.4, -0.2) is 48.6 Å². The first-order chi connectivity index (χ1) is 11.6. The fourth-order valence-corrected chi connectivity index (χ4v) is 3.65. The Hall–Kier alpha value is -1.62. The Balaban J connectivity index is 1.95. The summed E-state index contributed by atoms with van der Waals surface area (Å²) in [4.78, 5) is 11.9. The number of hydrogen-bond acceptors (Lipinski definition) is 4. The van der Waals surface area contributed by atoms with E-state index >= 15 is 0 Å². The summed E-state index contributed by atoms with van der Waals surface area (Å²) in [5.74, 6) is 1.00. The van der Waals surface area contributed by atoms with Gasteiger partial charge in [-0.15, -0.1) is 11.8 Å². The lowest BCUT2D eigenvalue weighted by molar-refractivity contribution is 0.437. The van der Waals surface area contributed by atoms with Crippen LogP contribution in [0.25, 0.3) is 0 Å². The number of rotatable bonds is 4. The van der Waals surface area contributed by atoms with Crippen molar-refractivity contribution in [3.05, 3.63) is 64.7 Å². The van der Waals surface area contributed by atoms with Crippen LogP contribution >= 0.6 is 23.4 Å². The standard InChI is InChI=1S/C19H20ClN3S/c1-23(2)10-11-24-18-13-21-19(14-6-4-3-5-7-14)16-12-15(20)8-9-17(16)22-18/h3-9,12H,10-11,13H2,1-2H3. The van der Waals surface area contributed by atoms with Gasteiger partial charge in [0.1, 0.15) is 0 Å². The van der Waals surface area contributed by atoms with Crippen molar-refractivity contribution in [2.75, 3.05) is 32.9 Å². The molecule has 5 heteroatoms. The van der Waals surface area contributed by atoms with Crippen LogP contribution in [-0.2, 0) is 0 Å². The van der Waals surface area contributed by atoms with Crippen LogP contribution < -0.4 is 0 Å². The number of aliphatic imine (C=N–C) groups is 2. The molecular formula is C19H20ClN3S. The highest BCUT2D eigenvalue weighted by molar-refractivity contribution is 8.14. The monoisotopic (exact) mass is 357 g/mol. The minimum absolute atomic E-state index is 0.606. The van der Waals surface area contributed by atoms with Gasteiger partial charge in [0.15, 0.2) is 0 Å². The summed E-state index contributed by atoms with van der Waals surface area (Å²) in [6, 6.07) is 16.1. The largest absolute Gasteiger partial charge is 0.309 e. The average Bonchev–Trinajstić information content (AvgIpc) is 2.74. The van der Waals surface area contributed by atoms with E-state index in [-0.39, 0.29) is 0 Å². The van der Waals surface area contributed by atoms with Crippen LogP contribution in [0.4, 0.5) is 5.69 Å². The van der Waals surface area contributed by atoms with Gasteiger partial charge in [0.05, 0.1) is 23.0 Å². The molecule has 0 aromatic heterocycles. The van der Waals surface area contributed by atoms with E-state index in [1.165, 1.54) is 0 Å². The normalized spacial score (nSPS) is 14.0. The maximum Gasteiger partial charge on any atom is 0.0954 e. The molecule has 1 aliphatic heterocycles. The lowest BCUT2D eigenvalue weighted by Crippen LogP contribution is -2.16. The first-order valence-corrected chi connectivity index (χ1v) is 9.25. The number of nitrogens with zero attached hydrogens (tertiary/aromatic N) is 3. The Morgan fingerprint density at radius 2 is 1.92 bits per heavy atom. The highest BCUT2D eigenvalue weighted by Crippen LogP contribution is 2.29. The second-order valence-electron chi connectivity index (χ2n) is 5.85.